The molecular weight excluding hydrogens is 276 g/mol. The Morgan fingerprint density at radius 2 is 1.38 bits per heavy atom. The van der Waals surface area contributed by atoms with E-state index in [0.717, 1.165) is 0 Å². The summed E-state index contributed by atoms with van der Waals surface area (Å²) in [7, 11) is 3.13. The highest BCUT2D eigenvalue weighted by Gasteiger charge is 2.30. The van der Waals surface area contributed by atoms with Crippen molar-refractivity contribution < 1.29 is 28.8 Å². The number of aliphatic hydroxyl groups excluding tert-OH is 1. The molecule has 0 radical (unpaired) electrons. The van der Waals surface area contributed by atoms with Gasteiger partial charge < -0.3 is 28.8 Å². The van der Waals surface area contributed by atoms with Crippen molar-refractivity contribution in [1.29, 1.82) is 0 Å². The average molecular weight is 308 g/mol. The second kappa shape index (κ2) is 11.3. The van der Waals surface area contributed by atoms with Crippen LogP contribution in [0.5, 0.6) is 0 Å². The Hall–Kier alpha value is -0.240. The fraction of sp³-hybridized carbons (Fsp3) is 1.00. The second-order valence-corrected chi connectivity index (χ2v) is 5.53. The van der Waals surface area contributed by atoms with Gasteiger partial charge in [-0.25, -0.2) is 0 Å². The number of rotatable bonds is 12. The fourth-order valence-corrected chi connectivity index (χ4v) is 1.93. The molecule has 6 nitrogen and oxygen atoms in total. The summed E-state index contributed by atoms with van der Waals surface area (Å²) in [6, 6.07) is 0. The van der Waals surface area contributed by atoms with Crippen LogP contribution < -0.4 is 0 Å². The molecule has 0 aliphatic carbocycles. The Kier molecular flexibility index (Phi) is 11.2. The van der Waals surface area contributed by atoms with Crippen molar-refractivity contribution in [3.8, 4) is 0 Å². The summed E-state index contributed by atoms with van der Waals surface area (Å²) in [5, 5.41) is 9.54. The first-order chi connectivity index (χ1) is 9.85. The molecule has 4 atom stereocenters. The first kappa shape index (κ1) is 20.8. The van der Waals surface area contributed by atoms with Crippen molar-refractivity contribution in [3.05, 3.63) is 0 Å². The van der Waals surface area contributed by atoms with Gasteiger partial charge in [-0.1, -0.05) is 0 Å². The lowest BCUT2D eigenvalue weighted by Crippen LogP contribution is -2.45. The lowest BCUT2D eigenvalue weighted by Gasteiger charge is -2.33. The lowest BCUT2D eigenvalue weighted by molar-refractivity contribution is -0.261. The lowest BCUT2D eigenvalue weighted by atomic mass is 10.2. The van der Waals surface area contributed by atoms with Gasteiger partial charge in [0.1, 0.15) is 18.3 Å². The molecule has 6 heteroatoms. The Labute approximate surface area is 128 Å². The Bertz CT molecular complexity index is 246. The van der Waals surface area contributed by atoms with Crippen LogP contribution in [0.2, 0.25) is 0 Å². The van der Waals surface area contributed by atoms with E-state index in [-0.39, 0.29) is 31.0 Å². The predicted molar refractivity (Wildman–Crippen MR) is 80.3 cm³/mol. The summed E-state index contributed by atoms with van der Waals surface area (Å²) in [6.45, 7) is 9.79. The Morgan fingerprint density at radius 3 is 1.76 bits per heavy atom. The van der Waals surface area contributed by atoms with E-state index in [1.165, 1.54) is 0 Å². The first-order valence-corrected chi connectivity index (χ1v) is 7.44. The molecule has 0 aromatic heterocycles. The molecule has 1 N–H and O–H groups in total. The standard InChI is InChI=1S/C15H32O6/c1-10(2)19-12(5)15(20-11(3)4)21-13(8-16)14(18-7)9-17-6/h10-16H,8-9H2,1-7H3/t12?,13?,14-,15+/m0/s1. The zero-order chi connectivity index (χ0) is 16.4. The second-order valence-electron chi connectivity index (χ2n) is 5.53. The number of hydrogen-bond acceptors (Lipinski definition) is 6. The summed E-state index contributed by atoms with van der Waals surface area (Å²) in [5.74, 6) is 0. The van der Waals surface area contributed by atoms with E-state index in [4.69, 9.17) is 23.7 Å². The van der Waals surface area contributed by atoms with E-state index < -0.39 is 12.4 Å². The van der Waals surface area contributed by atoms with Gasteiger partial charge in [-0.05, 0) is 34.6 Å². The predicted octanol–water partition coefficient (Wildman–Crippen LogP) is 1.59. The highest BCUT2D eigenvalue weighted by atomic mass is 16.7. The summed E-state index contributed by atoms with van der Waals surface area (Å²) in [4.78, 5) is 0. The van der Waals surface area contributed by atoms with E-state index in [9.17, 15) is 5.11 Å². The SMILES string of the molecule is COC[C@H](OC)C(CO)O[C@@H](OC(C)C)C(C)OC(C)C. The average Bonchev–Trinajstić information content (AvgIpc) is 2.39. The van der Waals surface area contributed by atoms with Gasteiger partial charge in [-0.15, -0.1) is 0 Å². The van der Waals surface area contributed by atoms with Gasteiger partial charge in [0.25, 0.3) is 0 Å². The van der Waals surface area contributed by atoms with Gasteiger partial charge in [0, 0.05) is 14.2 Å². The van der Waals surface area contributed by atoms with E-state index in [0.29, 0.717) is 6.61 Å². The molecule has 0 bridgehead atoms. The largest absolute Gasteiger partial charge is 0.394 e. The molecule has 0 aromatic carbocycles. The monoisotopic (exact) mass is 308 g/mol. The maximum Gasteiger partial charge on any atom is 0.184 e. The zero-order valence-corrected chi connectivity index (χ0v) is 14.4. The molecule has 0 saturated heterocycles. The van der Waals surface area contributed by atoms with Gasteiger partial charge in [-0.3, -0.25) is 0 Å². The van der Waals surface area contributed by atoms with Gasteiger partial charge in [0.2, 0.25) is 0 Å². The molecule has 21 heavy (non-hydrogen) atoms. The van der Waals surface area contributed by atoms with Crippen molar-refractivity contribution in [1.82, 2.24) is 0 Å². The third-order valence-electron chi connectivity index (χ3n) is 2.81. The van der Waals surface area contributed by atoms with Crippen molar-refractivity contribution in [2.24, 2.45) is 0 Å². The minimum atomic E-state index is -0.584. The fourth-order valence-electron chi connectivity index (χ4n) is 1.93. The third kappa shape index (κ3) is 8.70. The molecule has 0 rings (SSSR count). The van der Waals surface area contributed by atoms with Crippen LogP contribution in [0.3, 0.4) is 0 Å². The molecule has 0 aromatic rings. The molecule has 0 heterocycles. The van der Waals surface area contributed by atoms with E-state index in [1.54, 1.807) is 14.2 Å². The number of ether oxygens (including phenoxy) is 5. The minimum absolute atomic E-state index is 0.0176. The molecule has 0 spiro atoms. The summed E-state index contributed by atoms with van der Waals surface area (Å²) in [5.41, 5.74) is 0. The highest BCUT2D eigenvalue weighted by Crippen LogP contribution is 2.16. The molecule has 0 saturated carbocycles. The molecule has 0 fully saturated rings. The van der Waals surface area contributed by atoms with Crippen LogP contribution in [-0.2, 0) is 23.7 Å². The van der Waals surface area contributed by atoms with Crippen LogP contribution in [-0.4, -0.2) is 69.3 Å². The Balaban J connectivity index is 4.80. The smallest absolute Gasteiger partial charge is 0.184 e. The molecule has 128 valence electrons. The van der Waals surface area contributed by atoms with Crippen LogP contribution in [0.4, 0.5) is 0 Å². The summed E-state index contributed by atoms with van der Waals surface area (Å²) in [6.07, 6.45) is -1.72. The number of hydrogen-bond donors (Lipinski definition) is 1. The van der Waals surface area contributed by atoms with Crippen LogP contribution in [0.1, 0.15) is 34.6 Å². The molecule has 0 aliphatic rings. The van der Waals surface area contributed by atoms with Crippen molar-refractivity contribution in [2.75, 3.05) is 27.4 Å². The molecular formula is C15H32O6. The van der Waals surface area contributed by atoms with Crippen molar-refractivity contribution in [2.45, 2.75) is 71.4 Å². The number of methoxy groups -OCH3 is 2. The quantitative estimate of drug-likeness (QED) is 0.552. The number of aliphatic hydroxyl groups is 1. The van der Waals surface area contributed by atoms with E-state index >= 15 is 0 Å². The van der Waals surface area contributed by atoms with Gasteiger partial charge >= 0.3 is 0 Å². The van der Waals surface area contributed by atoms with Crippen LogP contribution in [0.15, 0.2) is 0 Å². The zero-order valence-electron chi connectivity index (χ0n) is 14.4. The minimum Gasteiger partial charge on any atom is -0.394 e. The Morgan fingerprint density at radius 1 is 0.810 bits per heavy atom. The van der Waals surface area contributed by atoms with Gasteiger partial charge in [0.15, 0.2) is 6.29 Å². The summed E-state index contributed by atoms with van der Waals surface area (Å²) >= 11 is 0. The van der Waals surface area contributed by atoms with E-state index in [2.05, 4.69) is 0 Å². The molecule has 0 amide bonds. The summed E-state index contributed by atoms with van der Waals surface area (Å²) < 4.78 is 27.7. The van der Waals surface area contributed by atoms with Crippen molar-refractivity contribution >= 4 is 0 Å². The van der Waals surface area contributed by atoms with E-state index in [1.807, 2.05) is 34.6 Å². The van der Waals surface area contributed by atoms with Gasteiger partial charge in [-0.2, -0.15) is 0 Å². The molecule has 0 aliphatic heterocycles. The van der Waals surface area contributed by atoms with Crippen LogP contribution >= 0.6 is 0 Å². The maximum atomic E-state index is 9.54. The van der Waals surface area contributed by atoms with Gasteiger partial charge in [0.05, 0.1) is 25.4 Å². The topological polar surface area (TPSA) is 66.4 Å². The highest BCUT2D eigenvalue weighted by molar-refractivity contribution is 4.72. The normalized spacial score (nSPS) is 18.0. The molecule has 2 unspecified atom stereocenters. The maximum absolute atomic E-state index is 9.54. The van der Waals surface area contributed by atoms with Crippen molar-refractivity contribution in [3.63, 3.8) is 0 Å². The first-order valence-electron chi connectivity index (χ1n) is 7.44. The van der Waals surface area contributed by atoms with Crippen LogP contribution in [0, 0.1) is 0 Å². The van der Waals surface area contributed by atoms with Crippen LogP contribution in [0.25, 0.3) is 0 Å². The third-order valence-corrected chi connectivity index (χ3v) is 2.81.